The Morgan fingerprint density at radius 2 is 2.03 bits per heavy atom. The highest BCUT2D eigenvalue weighted by Gasteiger charge is 2.44. The summed E-state index contributed by atoms with van der Waals surface area (Å²) in [7, 11) is 0. The predicted octanol–water partition coefficient (Wildman–Crippen LogP) is 4.69. The van der Waals surface area contributed by atoms with Crippen LogP contribution in [0.15, 0.2) is 42.5 Å². The van der Waals surface area contributed by atoms with Crippen molar-refractivity contribution in [2.24, 2.45) is 11.8 Å². The molecule has 1 unspecified atom stereocenters. The number of aliphatic hydroxyl groups excluding tert-OH is 2. The van der Waals surface area contributed by atoms with Crippen LogP contribution in [0.25, 0.3) is 0 Å². The molecular formula is C27H29F3O5. The zero-order valence-corrected chi connectivity index (χ0v) is 19.6. The number of carbonyl (C=O) groups excluding carboxylic acids is 1. The van der Waals surface area contributed by atoms with Crippen LogP contribution in [0, 0.1) is 29.3 Å². The van der Waals surface area contributed by atoms with Gasteiger partial charge >= 0.3 is 5.97 Å². The zero-order chi connectivity index (χ0) is 25.3. The van der Waals surface area contributed by atoms with E-state index in [9.17, 15) is 23.8 Å². The van der Waals surface area contributed by atoms with E-state index in [0.29, 0.717) is 18.4 Å². The number of ether oxygens (including phenoxy) is 2. The number of halogens is 3. The van der Waals surface area contributed by atoms with Gasteiger partial charge in [-0.3, -0.25) is 0 Å². The van der Waals surface area contributed by atoms with Crippen LogP contribution in [-0.2, 0) is 11.2 Å². The minimum absolute atomic E-state index is 0.0142. The maximum absolute atomic E-state index is 15.1. The number of aliphatic hydroxyl groups is 2. The number of esters is 1. The Hall–Kier alpha value is -2.84. The lowest BCUT2D eigenvalue weighted by molar-refractivity contribution is 0.0518. The third-order valence-electron chi connectivity index (χ3n) is 7.08. The molecule has 1 heterocycles. The normalized spacial score (nSPS) is 25.3. The van der Waals surface area contributed by atoms with Crippen LogP contribution in [0.2, 0.25) is 0 Å². The van der Waals surface area contributed by atoms with Crippen LogP contribution < -0.4 is 4.74 Å². The number of benzene rings is 2. The number of carbonyl (C=O) groups is 1. The van der Waals surface area contributed by atoms with Crippen molar-refractivity contribution in [3.05, 3.63) is 76.6 Å². The lowest BCUT2D eigenvalue weighted by Crippen LogP contribution is -2.24. The first-order valence-corrected chi connectivity index (χ1v) is 11.9. The van der Waals surface area contributed by atoms with Gasteiger partial charge in [0, 0.05) is 30.2 Å². The molecule has 2 N–H and O–H groups in total. The number of rotatable bonds is 6. The number of hydrogen-bond donors (Lipinski definition) is 2. The Balaban J connectivity index is 1.51. The lowest BCUT2D eigenvalue weighted by atomic mass is 9.87. The molecule has 0 aromatic heterocycles. The van der Waals surface area contributed by atoms with E-state index in [0.717, 1.165) is 12.1 Å². The summed E-state index contributed by atoms with van der Waals surface area (Å²) in [5, 5.41) is 21.3. The molecule has 2 aromatic rings. The molecule has 0 spiro atoms. The van der Waals surface area contributed by atoms with Crippen molar-refractivity contribution in [2.75, 3.05) is 6.61 Å². The van der Waals surface area contributed by atoms with E-state index in [1.807, 2.05) is 0 Å². The fourth-order valence-electron chi connectivity index (χ4n) is 5.11. The molecule has 35 heavy (non-hydrogen) atoms. The van der Waals surface area contributed by atoms with Crippen molar-refractivity contribution in [3.8, 4) is 5.75 Å². The van der Waals surface area contributed by atoms with Crippen LogP contribution >= 0.6 is 0 Å². The minimum Gasteiger partial charge on any atom is -0.487 e. The molecule has 2 aromatic carbocycles. The fourth-order valence-corrected chi connectivity index (χ4v) is 5.11. The summed E-state index contributed by atoms with van der Waals surface area (Å²) in [6.45, 7) is 3.40. The van der Waals surface area contributed by atoms with E-state index < -0.39 is 47.7 Å². The Bertz CT molecular complexity index is 1120. The Labute approximate surface area is 202 Å². The summed E-state index contributed by atoms with van der Waals surface area (Å²) in [6, 6.07) is 6.29. The van der Waals surface area contributed by atoms with Crippen molar-refractivity contribution in [1.82, 2.24) is 0 Å². The third-order valence-corrected chi connectivity index (χ3v) is 7.08. The van der Waals surface area contributed by atoms with Crippen molar-refractivity contribution in [2.45, 2.75) is 57.3 Å². The second-order valence-electron chi connectivity index (χ2n) is 9.21. The highest BCUT2D eigenvalue weighted by atomic mass is 19.1. The summed E-state index contributed by atoms with van der Waals surface area (Å²) < 4.78 is 53.4. The van der Waals surface area contributed by atoms with Crippen molar-refractivity contribution >= 4 is 5.97 Å². The molecule has 1 saturated carbocycles. The summed E-state index contributed by atoms with van der Waals surface area (Å²) in [5.41, 5.74) is 0.640. The largest absolute Gasteiger partial charge is 0.487 e. The highest BCUT2D eigenvalue weighted by Crippen LogP contribution is 2.44. The first kappa shape index (κ1) is 25.3. The van der Waals surface area contributed by atoms with Gasteiger partial charge in [0.05, 0.1) is 24.4 Å². The highest BCUT2D eigenvalue weighted by molar-refractivity contribution is 5.90. The molecule has 4 rings (SSSR count). The van der Waals surface area contributed by atoms with Gasteiger partial charge in [-0.05, 0) is 43.0 Å². The topological polar surface area (TPSA) is 76.0 Å². The molecule has 0 saturated heterocycles. The summed E-state index contributed by atoms with van der Waals surface area (Å²) >= 11 is 0. The zero-order valence-electron chi connectivity index (χ0n) is 19.6. The summed E-state index contributed by atoms with van der Waals surface area (Å²) in [6.07, 6.45) is 2.28. The van der Waals surface area contributed by atoms with Gasteiger partial charge in [-0.2, -0.15) is 0 Å². The maximum Gasteiger partial charge on any atom is 0.341 e. The van der Waals surface area contributed by atoms with Gasteiger partial charge in [-0.25, -0.2) is 18.0 Å². The molecule has 5 nitrogen and oxygen atoms in total. The Morgan fingerprint density at radius 1 is 1.26 bits per heavy atom. The van der Waals surface area contributed by atoms with Crippen LogP contribution in [0.3, 0.4) is 0 Å². The van der Waals surface area contributed by atoms with Gasteiger partial charge in [0.2, 0.25) is 0 Å². The second kappa shape index (κ2) is 10.4. The molecule has 1 aliphatic carbocycles. The van der Waals surface area contributed by atoms with Crippen molar-refractivity contribution < 1.29 is 37.7 Å². The average molecular weight is 491 g/mol. The van der Waals surface area contributed by atoms with Gasteiger partial charge in [-0.1, -0.05) is 31.2 Å². The fraction of sp³-hybridized carbons (Fsp3) is 0.444. The molecule has 1 aliphatic heterocycles. The predicted molar refractivity (Wildman–Crippen MR) is 123 cm³/mol. The van der Waals surface area contributed by atoms with E-state index in [-0.39, 0.29) is 41.7 Å². The lowest BCUT2D eigenvalue weighted by Gasteiger charge is -2.22. The van der Waals surface area contributed by atoms with E-state index in [1.54, 1.807) is 26.0 Å². The first-order chi connectivity index (χ1) is 16.7. The van der Waals surface area contributed by atoms with Crippen molar-refractivity contribution in [3.63, 3.8) is 0 Å². The number of hydrogen-bond acceptors (Lipinski definition) is 5. The van der Waals surface area contributed by atoms with E-state index in [4.69, 9.17) is 9.47 Å². The van der Waals surface area contributed by atoms with Crippen molar-refractivity contribution in [1.29, 1.82) is 0 Å². The molecule has 8 heteroatoms. The Kier molecular flexibility index (Phi) is 7.52. The Morgan fingerprint density at radius 3 is 2.74 bits per heavy atom. The van der Waals surface area contributed by atoms with Crippen LogP contribution in [-0.4, -0.2) is 41.1 Å². The van der Waals surface area contributed by atoms with Gasteiger partial charge in [0.25, 0.3) is 0 Å². The van der Waals surface area contributed by atoms with Crippen LogP contribution in [0.4, 0.5) is 13.2 Å². The monoisotopic (exact) mass is 490 g/mol. The quantitative estimate of drug-likeness (QED) is 0.454. The smallest absolute Gasteiger partial charge is 0.341 e. The van der Waals surface area contributed by atoms with Crippen LogP contribution in [0.5, 0.6) is 5.75 Å². The van der Waals surface area contributed by atoms with E-state index in [1.165, 1.54) is 18.2 Å². The number of aryl methyl sites for hydroxylation is 1. The SMILES string of the molecule is CCOC(=O)c1ccc2c(c1F)O[C@H]1C[C@@H](O)[C@H](/C=C/C(O)[C@H](C)c3ccc(F)cc3F)[C@H]1CC2. The molecule has 0 radical (unpaired) electrons. The molecule has 1 fully saturated rings. The molecule has 0 bridgehead atoms. The molecular weight excluding hydrogens is 461 g/mol. The third kappa shape index (κ3) is 5.09. The first-order valence-electron chi connectivity index (χ1n) is 11.9. The van der Waals surface area contributed by atoms with E-state index in [2.05, 4.69) is 0 Å². The van der Waals surface area contributed by atoms with E-state index >= 15 is 4.39 Å². The summed E-state index contributed by atoms with van der Waals surface area (Å²) in [5.74, 6) is -4.07. The minimum atomic E-state index is -1.06. The van der Waals surface area contributed by atoms with Crippen LogP contribution in [0.1, 0.15) is 54.1 Å². The van der Waals surface area contributed by atoms with Gasteiger partial charge in [-0.15, -0.1) is 0 Å². The summed E-state index contributed by atoms with van der Waals surface area (Å²) in [4.78, 5) is 12.1. The average Bonchev–Trinajstić information content (AvgIpc) is 2.98. The van der Waals surface area contributed by atoms with Gasteiger partial charge in [0.1, 0.15) is 17.7 Å². The molecule has 0 amide bonds. The molecule has 2 aliphatic rings. The number of fused-ring (bicyclic) bond motifs is 2. The standard InChI is InChI=1S/C27H29F3O5/c1-3-34-27(33)20-8-5-15-4-7-19-18(23(32)13-24(19)35-26(15)25(20)30)10-11-22(31)14(2)17-9-6-16(28)12-21(17)29/h5-6,8-12,14,18-19,22-24,31-32H,3-4,7,13H2,1-2H3/b11-10+/t14-,18-,19-,22?,23-,24+/m1/s1. The van der Waals surface area contributed by atoms with Gasteiger partial charge < -0.3 is 19.7 Å². The molecule has 188 valence electrons. The second-order valence-corrected chi connectivity index (χ2v) is 9.21. The maximum atomic E-state index is 15.1. The van der Waals surface area contributed by atoms with Gasteiger partial charge in [0.15, 0.2) is 11.6 Å². The molecule has 6 atom stereocenters.